The van der Waals surface area contributed by atoms with E-state index >= 15 is 0 Å². The molecule has 2 atom stereocenters. The van der Waals surface area contributed by atoms with Crippen molar-refractivity contribution in [3.05, 3.63) is 35.9 Å². The van der Waals surface area contributed by atoms with Gasteiger partial charge < -0.3 is 19.6 Å². The third-order valence-electron chi connectivity index (χ3n) is 6.86. The van der Waals surface area contributed by atoms with Crippen LogP contribution in [0.5, 0.6) is 0 Å². The van der Waals surface area contributed by atoms with Gasteiger partial charge in [0, 0.05) is 39.0 Å². The summed E-state index contributed by atoms with van der Waals surface area (Å²) >= 11 is 0. The van der Waals surface area contributed by atoms with Crippen LogP contribution in [0.25, 0.3) is 0 Å². The van der Waals surface area contributed by atoms with Gasteiger partial charge in [0.2, 0.25) is 5.91 Å². The highest BCUT2D eigenvalue weighted by molar-refractivity contribution is 5.78. The van der Waals surface area contributed by atoms with Crippen LogP contribution in [-0.4, -0.2) is 90.3 Å². The van der Waals surface area contributed by atoms with Crippen molar-refractivity contribution in [1.82, 2.24) is 14.7 Å². The first-order chi connectivity index (χ1) is 14.0. The van der Waals surface area contributed by atoms with Crippen molar-refractivity contribution in [2.24, 2.45) is 0 Å². The summed E-state index contributed by atoms with van der Waals surface area (Å²) < 4.78 is 6.56. The minimum atomic E-state index is -0.342. The molecule has 1 aromatic carbocycles. The molecule has 3 saturated heterocycles. The van der Waals surface area contributed by atoms with E-state index in [4.69, 9.17) is 4.74 Å². The summed E-state index contributed by atoms with van der Waals surface area (Å²) in [5.74, 6) is 0.236. The number of ether oxygens (including phenoxy) is 1. The van der Waals surface area contributed by atoms with Gasteiger partial charge in [0.05, 0.1) is 24.4 Å². The summed E-state index contributed by atoms with van der Waals surface area (Å²) in [6, 6.07) is 10.2. The molecule has 1 aromatic rings. The van der Waals surface area contributed by atoms with Crippen molar-refractivity contribution in [2.75, 3.05) is 52.9 Å². The van der Waals surface area contributed by atoms with Gasteiger partial charge in [0.1, 0.15) is 0 Å². The molecule has 160 valence electrons. The van der Waals surface area contributed by atoms with Crippen LogP contribution in [0, 0.1) is 0 Å². The number of nitrogens with zero attached hydrogens (tertiary/aromatic N) is 3. The Hall–Kier alpha value is -1.47. The zero-order valence-corrected chi connectivity index (χ0v) is 17.6. The number of benzene rings is 1. The highest BCUT2D eigenvalue weighted by Gasteiger charge is 2.44. The van der Waals surface area contributed by atoms with E-state index in [1.165, 1.54) is 0 Å². The minimum absolute atomic E-state index is 0.0590. The summed E-state index contributed by atoms with van der Waals surface area (Å²) in [7, 11) is 2.15. The normalized spacial score (nSPS) is 29.0. The third kappa shape index (κ3) is 5.18. The molecule has 0 aromatic heterocycles. The second kappa shape index (κ2) is 9.13. The number of rotatable bonds is 3. The van der Waals surface area contributed by atoms with Gasteiger partial charge in [-0.15, -0.1) is 0 Å². The van der Waals surface area contributed by atoms with E-state index in [2.05, 4.69) is 29.0 Å². The lowest BCUT2D eigenvalue weighted by atomic mass is 9.81. The lowest BCUT2D eigenvalue weighted by molar-refractivity contribution is -0.186. The molecule has 1 N–H and O–H groups in total. The predicted octanol–water partition coefficient (Wildman–Crippen LogP) is 1.90. The maximum Gasteiger partial charge on any atom is 0.236 e. The summed E-state index contributed by atoms with van der Waals surface area (Å²) in [5, 5.41) is 10.5. The molecule has 3 aliphatic heterocycles. The molecular weight excluding hydrogens is 366 g/mol. The quantitative estimate of drug-likeness (QED) is 0.838. The van der Waals surface area contributed by atoms with E-state index in [0.29, 0.717) is 19.4 Å². The van der Waals surface area contributed by atoms with Crippen molar-refractivity contribution in [3.8, 4) is 0 Å². The molecule has 6 nitrogen and oxygen atoms in total. The van der Waals surface area contributed by atoms with Crippen molar-refractivity contribution in [1.29, 1.82) is 0 Å². The standard InChI is InChI=1S/C23H35N3O3/c1-24-10-5-11-25(15-14-24)18-22(28)26-12-8-23(9-13-26)17-20(27)16-21(29-23)19-6-3-2-4-7-19/h2-4,6-7,20-21,27H,5,8-18H2,1H3/t20-,21+/m0/s1. The van der Waals surface area contributed by atoms with E-state index in [9.17, 15) is 9.90 Å². The van der Waals surface area contributed by atoms with Gasteiger partial charge in [-0.05, 0) is 45.0 Å². The number of hydrogen-bond donors (Lipinski definition) is 1. The first kappa shape index (κ1) is 20.8. The lowest BCUT2D eigenvalue weighted by Crippen LogP contribution is -2.53. The van der Waals surface area contributed by atoms with Crippen LogP contribution in [0.15, 0.2) is 30.3 Å². The maximum atomic E-state index is 12.9. The van der Waals surface area contributed by atoms with E-state index in [1.54, 1.807) is 0 Å². The highest BCUT2D eigenvalue weighted by atomic mass is 16.5. The zero-order valence-electron chi connectivity index (χ0n) is 17.6. The van der Waals surface area contributed by atoms with Crippen LogP contribution >= 0.6 is 0 Å². The topological polar surface area (TPSA) is 56.2 Å². The Kier molecular flexibility index (Phi) is 6.54. The zero-order chi connectivity index (χ0) is 20.3. The summed E-state index contributed by atoms with van der Waals surface area (Å²) in [5.41, 5.74) is 0.829. The fourth-order valence-electron chi connectivity index (χ4n) is 5.06. The average Bonchev–Trinajstić information content (AvgIpc) is 2.92. The van der Waals surface area contributed by atoms with Crippen LogP contribution in [0.3, 0.4) is 0 Å². The second-order valence-corrected chi connectivity index (χ2v) is 9.11. The van der Waals surface area contributed by atoms with E-state index < -0.39 is 0 Å². The van der Waals surface area contributed by atoms with Crippen LogP contribution in [0.4, 0.5) is 0 Å². The molecule has 0 aliphatic carbocycles. The number of likely N-dealkylation sites (N-methyl/N-ethyl adjacent to an activating group) is 1. The maximum absolute atomic E-state index is 12.9. The van der Waals surface area contributed by atoms with E-state index in [1.807, 2.05) is 23.1 Å². The largest absolute Gasteiger partial charge is 0.393 e. The number of carbonyl (C=O) groups is 1. The summed E-state index contributed by atoms with van der Waals surface area (Å²) in [4.78, 5) is 19.5. The van der Waals surface area contributed by atoms with Crippen molar-refractivity contribution in [2.45, 2.75) is 49.9 Å². The molecule has 0 saturated carbocycles. The molecule has 3 heterocycles. The number of aliphatic hydroxyl groups excluding tert-OH is 1. The van der Waals surface area contributed by atoms with Gasteiger partial charge >= 0.3 is 0 Å². The summed E-state index contributed by atoms with van der Waals surface area (Å²) in [6.07, 6.45) is 3.67. The molecule has 29 heavy (non-hydrogen) atoms. The van der Waals surface area contributed by atoms with Crippen molar-refractivity contribution < 1.29 is 14.6 Å². The molecule has 4 rings (SSSR count). The summed E-state index contributed by atoms with van der Waals surface area (Å²) in [6.45, 7) is 6.08. The fraction of sp³-hybridized carbons (Fsp3) is 0.696. The van der Waals surface area contributed by atoms with Gasteiger partial charge in [0.15, 0.2) is 0 Å². The monoisotopic (exact) mass is 401 g/mol. The number of hydrogen-bond acceptors (Lipinski definition) is 5. The number of aliphatic hydroxyl groups is 1. The van der Waals surface area contributed by atoms with Gasteiger partial charge in [-0.3, -0.25) is 9.69 Å². The molecular formula is C23H35N3O3. The number of amides is 1. The Morgan fingerprint density at radius 1 is 1.10 bits per heavy atom. The smallest absolute Gasteiger partial charge is 0.236 e. The highest BCUT2D eigenvalue weighted by Crippen LogP contribution is 2.42. The Morgan fingerprint density at radius 3 is 2.62 bits per heavy atom. The van der Waals surface area contributed by atoms with Crippen LogP contribution in [-0.2, 0) is 9.53 Å². The third-order valence-corrected chi connectivity index (χ3v) is 6.86. The number of carbonyl (C=O) groups excluding carboxylic acids is 1. The van der Waals surface area contributed by atoms with Gasteiger partial charge in [-0.1, -0.05) is 30.3 Å². The van der Waals surface area contributed by atoms with Crippen molar-refractivity contribution >= 4 is 5.91 Å². The lowest BCUT2D eigenvalue weighted by Gasteiger charge is -2.48. The van der Waals surface area contributed by atoms with Gasteiger partial charge in [0.25, 0.3) is 0 Å². The average molecular weight is 402 g/mol. The first-order valence-electron chi connectivity index (χ1n) is 11.1. The number of piperidine rings is 1. The molecule has 3 aliphatic rings. The van der Waals surface area contributed by atoms with E-state index in [0.717, 1.165) is 64.1 Å². The Morgan fingerprint density at radius 2 is 1.86 bits per heavy atom. The minimum Gasteiger partial charge on any atom is -0.393 e. The molecule has 1 spiro atoms. The van der Waals surface area contributed by atoms with Crippen LogP contribution < -0.4 is 0 Å². The van der Waals surface area contributed by atoms with Crippen LogP contribution in [0.2, 0.25) is 0 Å². The van der Waals surface area contributed by atoms with Crippen molar-refractivity contribution in [3.63, 3.8) is 0 Å². The predicted molar refractivity (Wildman–Crippen MR) is 113 cm³/mol. The Balaban J connectivity index is 1.32. The van der Waals surface area contributed by atoms with Gasteiger partial charge in [-0.25, -0.2) is 0 Å². The second-order valence-electron chi connectivity index (χ2n) is 9.11. The van der Waals surface area contributed by atoms with Gasteiger partial charge in [-0.2, -0.15) is 0 Å². The molecule has 6 heteroatoms. The SMILES string of the molecule is CN1CCCN(CC(=O)N2CCC3(CC2)C[C@@H](O)C[C@H](c2ccccc2)O3)CC1. The fourth-order valence-corrected chi connectivity index (χ4v) is 5.06. The Labute approximate surface area is 174 Å². The molecule has 0 unspecified atom stereocenters. The molecule has 0 radical (unpaired) electrons. The Bertz CT molecular complexity index is 675. The van der Waals surface area contributed by atoms with E-state index in [-0.39, 0.29) is 23.7 Å². The first-order valence-corrected chi connectivity index (χ1v) is 11.1. The molecule has 0 bridgehead atoms. The van der Waals surface area contributed by atoms with Crippen LogP contribution in [0.1, 0.15) is 43.8 Å². The molecule has 3 fully saturated rings. The molecule has 1 amide bonds. The number of likely N-dealkylation sites (tertiary alicyclic amines) is 1.